The van der Waals surface area contributed by atoms with Crippen LogP contribution in [0.4, 0.5) is 5.82 Å². The molecule has 5 rings (SSSR count). The van der Waals surface area contributed by atoms with E-state index in [4.69, 9.17) is 5.73 Å². The molecule has 0 fully saturated rings. The minimum atomic E-state index is -0.617. The van der Waals surface area contributed by atoms with Crippen molar-refractivity contribution in [3.63, 3.8) is 0 Å². The number of aromatic nitrogens is 3. The number of fused-ring (bicyclic) bond motifs is 2. The van der Waals surface area contributed by atoms with Crippen molar-refractivity contribution < 1.29 is 9.59 Å². The molecule has 8 nitrogen and oxygen atoms in total. The second-order valence-electron chi connectivity index (χ2n) is 6.90. The molecular formula is C21H15N5O3. The molecule has 1 aliphatic rings. The number of carbonyl (C=O) groups is 2. The van der Waals surface area contributed by atoms with Gasteiger partial charge in [0.25, 0.3) is 17.4 Å². The van der Waals surface area contributed by atoms with Gasteiger partial charge in [0.05, 0.1) is 27.8 Å². The summed E-state index contributed by atoms with van der Waals surface area (Å²) >= 11 is 0. The van der Waals surface area contributed by atoms with Crippen molar-refractivity contribution in [2.75, 3.05) is 5.73 Å². The highest BCUT2D eigenvalue weighted by atomic mass is 16.2. The fourth-order valence-electron chi connectivity index (χ4n) is 3.67. The molecule has 4 aromatic rings. The molecule has 2 aromatic heterocycles. The van der Waals surface area contributed by atoms with Crippen LogP contribution in [-0.4, -0.2) is 25.9 Å². The molecule has 0 saturated heterocycles. The molecule has 29 heavy (non-hydrogen) atoms. The third-order valence-electron chi connectivity index (χ3n) is 5.02. The third-order valence-corrected chi connectivity index (χ3v) is 5.02. The maximum atomic E-state index is 12.6. The largest absolute Gasteiger partial charge is 0.384 e. The van der Waals surface area contributed by atoms with Gasteiger partial charge in [-0.15, -0.1) is 0 Å². The number of imidazole rings is 1. The number of nitrogen functional groups attached to an aromatic ring is 1. The van der Waals surface area contributed by atoms with Gasteiger partial charge in [0.1, 0.15) is 12.1 Å². The Labute approximate surface area is 164 Å². The first-order valence-electron chi connectivity index (χ1n) is 8.90. The summed E-state index contributed by atoms with van der Waals surface area (Å²) in [6.45, 7) is 2.02. The molecule has 1 aliphatic heterocycles. The summed E-state index contributed by atoms with van der Waals surface area (Å²) in [5, 5.41) is 2.16. The number of rotatable bonds is 2. The Morgan fingerprint density at radius 1 is 0.966 bits per heavy atom. The highest BCUT2D eigenvalue weighted by molar-refractivity contribution is 6.23. The molecule has 0 atom stereocenters. The van der Waals surface area contributed by atoms with Crippen LogP contribution in [-0.2, 0) is 0 Å². The van der Waals surface area contributed by atoms with Crippen LogP contribution >= 0.6 is 0 Å². The van der Waals surface area contributed by atoms with Gasteiger partial charge in [-0.1, -0.05) is 12.1 Å². The predicted molar refractivity (Wildman–Crippen MR) is 108 cm³/mol. The van der Waals surface area contributed by atoms with E-state index in [0.29, 0.717) is 11.2 Å². The Balaban J connectivity index is 1.68. The number of imide groups is 1. The number of aryl methyl sites for hydroxylation is 1. The molecule has 0 bridgehead atoms. The summed E-state index contributed by atoms with van der Waals surface area (Å²) in [5.41, 5.74) is 9.71. The van der Waals surface area contributed by atoms with Crippen molar-refractivity contribution >= 4 is 28.7 Å². The van der Waals surface area contributed by atoms with Crippen molar-refractivity contribution in [1.82, 2.24) is 19.4 Å². The number of anilines is 1. The molecule has 0 radical (unpaired) electrons. The predicted octanol–water partition coefficient (Wildman–Crippen LogP) is 1.95. The fourth-order valence-corrected chi connectivity index (χ4v) is 3.67. The number of carbonyl (C=O) groups excluding carboxylic acids is 2. The van der Waals surface area contributed by atoms with Gasteiger partial charge in [-0.25, -0.2) is 4.98 Å². The Morgan fingerprint density at radius 3 is 2.59 bits per heavy atom. The first-order valence-corrected chi connectivity index (χ1v) is 8.90. The average molecular weight is 385 g/mol. The van der Waals surface area contributed by atoms with Crippen molar-refractivity contribution in [1.29, 1.82) is 0 Å². The van der Waals surface area contributed by atoms with Crippen LogP contribution in [0.15, 0.2) is 59.7 Å². The van der Waals surface area contributed by atoms with Gasteiger partial charge in [-0.3, -0.25) is 28.8 Å². The Bertz CT molecular complexity index is 1410. The quantitative estimate of drug-likeness (QED) is 0.512. The van der Waals surface area contributed by atoms with Crippen LogP contribution in [0.2, 0.25) is 0 Å². The van der Waals surface area contributed by atoms with Gasteiger partial charge in [-0.2, -0.15) is 0 Å². The highest BCUT2D eigenvalue weighted by Gasteiger charge is 2.31. The number of amides is 2. The van der Waals surface area contributed by atoms with Gasteiger partial charge in [0.15, 0.2) is 0 Å². The summed E-state index contributed by atoms with van der Waals surface area (Å²) in [6, 6.07) is 14.4. The molecule has 0 saturated carbocycles. The summed E-state index contributed by atoms with van der Waals surface area (Å²) in [4.78, 5) is 40.9. The second kappa shape index (κ2) is 5.90. The van der Waals surface area contributed by atoms with E-state index in [1.165, 1.54) is 4.57 Å². The van der Waals surface area contributed by atoms with Crippen LogP contribution in [0, 0.1) is 6.92 Å². The fraction of sp³-hybridized carbons (Fsp3) is 0.0476. The van der Waals surface area contributed by atoms with E-state index < -0.39 is 17.4 Å². The Kier molecular flexibility index (Phi) is 3.44. The molecule has 3 heterocycles. The lowest BCUT2D eigenvalue weighted by molar-refractivity contribution is 0.0880. The SMILES string of the molecule is Cc1cccc(-n2cnc3cc(-n4c(N)c5c(cc4=O)C(=O)NC5=O)ccc32)c1. The summed E-state index contributed by atoms with van der Waals surface area (Å²) in [5.74, 6) is -1.30. The number of hydrogen-bond donors (Lipinski definition) is 2. The summed E-state index contributed by atoms with van der Waals surface area (Å²) in [7, 11) is 0. The smallest absolute Gasteiger partial charge is 0.262 e. The van der Waals surface area contributed by atoms with E-state index in [-0.39, 0.29) is 16.9 Å². The van der Waals surface area contributed by atoms with Crippen LogP contribution in [0.5, 0.6) is 0 Å². The number of benzene rings is 2. The molecule has 0 unspecified atom stereocenters. The molecular weight excluding hydrogens is 370 g/mol. The molecule has 0 aliphatic carbocycles. The zero-order valence-electron chi connectivity index (χ0n) is 15.3. The average Bonchev–Trinajstić information content (AvgIpc) is 3.22. The second-order valence-corrected chi connectivity index (χ2v) is 6.90. The van der Waals surface area contributed by atoms with Gasteiger partial charge in [0.2, 0.25) is 0 Å². The van der Waals surface area contributed by atoms with Crippen molar-refractivity contribution in [2.24, 2.45) is 0 Å². The van der Waals surface area contributed by atoms with Crippen molar-refractivity contribution in [3.05, 3.63) is 81.9 Å². The van der Waals surface area contributed by atoms with E-state index in [9.17, 15) is 14.4 Å². The van der Waals surface area contributed by atoms with E-state index in [1.807, 2.05) is 41.8 Å². The minimum absolute atomic E-state index is 0.00134. The monoisotopic (exact) mass is 385 g/mol. The lowest BCUT2D eigenvalue weighted by Crippen LogP contribution is -2.24. The lowest BCUT2D eigenvalue weighted by Gasteiger charge is -2.12. The Hall–Kier alpha value is -4.20. The van der Waals surface area contributed by atoms with Gasteiger partial charge < -0.3 is 5.73 Å². The molecule has 2 amide bonds. The number of nitrogens with two attached hydrogens (primary N) is 1. The number of hydrogen-bond acceptors (Lipinski definition) is 5. The van der Waals surface area contributed by atoms with Gasteiger partial charge >= 0.3 is 0 Å². The highest BCUT2D eigenvalue weighted by Crippen LogP contribution is 2.25. The van der Waals surface area contributed by atoms with E-state index in [0.717, 1.165) is 22.8 Å². The number of pyridine rings is 1. The molecule has 8 heteroatoms. The standard InChI is InChI=1S/C21H15N5O3/c1-11-3-2-4-12(7-11)25-10-23-15-8-13(5-6-16(15)25)26-17(27)9-14-18(19(26)22)21(29)24-20(14)28/h2-10H,22H2,1H3,(H,24,28,29). The normalized spacial score (nSPS) is 13.0. The topological polar surface area (TPSA) is 112 Å². The van der Waals surface area contributed by atoms with Crippen LogP contribution in [0.3, 0.4) is 0 Å². The first-order chi connectivity index (χ1) is 13.9. The number of nitrogens with one attached hydrogen (secondary N) is 1. The van der Waals surface area contributed by atoms with Crippen molar-refractivity contribution in [2.45, 2.75) is 6.92 Å². The zero-order chi connectivity index (χ0) is 20.3. The minimum Gasteiger partial charge on any atom is -0.384 e. The van der Waals surface area contributed by atoms with E-state index in [2.05, 4.69) is 10.3 Å². The first kappa shape index (κ1) is 16.9. The summed E-state index contributed by atoms with van der Waals surface area (Å²) in [6.07, 6.45) is 1.71. The summed E-state index contributed by atoms with van der Waals surface area (Å²) < 4.78 is 3.16. The number of nitrogens with zero attached hydrogens (tertiary/aromatic N) is 3. The lowest BCUT2D eigenvalue weighted by atomic mass is 10.1. The van der Waals surface area contributed by atoms with Gasteiger partial charge in [0, 0.05) is 11.8 Å². The maximum absolute atomic E-state index is 12.6. The van der Waals surface area contributed by atoms with Crippen LogP contribution in [0.25, 0.3) is 22.4 Å². The Morgan fingerprint density at radius 2 is 1.79 bits per heavy atom. The van der Waals surface area contributed by atoms with Crippen LogP contribution < -0.4 is 16.6 Å². The molecule has 3 N–H and O–H groups in total. The van der Waals surface area contributed by atoms with E-state index in [1.54, 1.807) is 18.5 Å². The third kappa shape index (κ3) is 2.46. The maximum Gasteiger partial charge on any atom is 0.262 e. The molecule has 142 valence electrons. The molecule has 2 aromatic carbocycles. The van der Waals surface area contributed by atoms with E-state index >= 15 is 0 Å². The van der Waals surface area contributed by atoms with Crippen LogP contribution in [0.1, 0.15) is 26.3 Å². The molecule has 0 spiro atoms. The van der Waals surface area contributed by atoms with Gasteiger partial charge in [-0.05, 0) is 42.8 Å². The zero-order valence-corrected chi connectivity index (χ0v) is 15.3. The van der Waals surface area contributed by atoms with Crippen molar-refractivity contribution in [3.8, 4) is 11.4 Å².